The Morgan fingerprint density at radius 2 is 1.33 bits per heavy atom. The standard InChI is InChI=1S/C27H36OSi2/c1-7-30(8-2,9-3)28-29-27(5,6)19(4)23-17-15-22-14-13-20-11-10-12-21-16-18-24(23)26(22)25(20)21/h10-19H,7-9,29H2,1-6H3. The molecule has 0 N–H and O–H groups in total. The first-order chi connectivity index (χ1) is 14.4. The van der Waals surface area contributed by atoms with Crippen LogP contribution < -0.4 is 0 Å². The Morgan fingerprint density at radius 3 is 1.93 bits per heavy atom. The Balaban J connectivity index is 1.76. The summed E-state index contributed by atoms with van der Waals surface area (Å²) in [5.74, 6) is 0.478. The highest BCUT2D eigenvalue weighted by molar-refractivity contribution is 6.77. The van der Waals surface area contributed by atoms with Crippen molar-refractivity contribution in [2.45, 2.75) is 70.6 Å². The van der Waals surface area contributed by atoms with Crippen LogP contribution in [0.15, 0.2) is 54.6 Å². The topological polar surface area (TPSA) is 9.23 Å². The van der Waals surface area contributed by atoms with Gasteiger partial charge in [-0.15, -0.1) is 0 Å². The van der Waals surface area contributed by atoms with Crippen molar-refractivity contribution in [3.05, 3.63) is 60.2 Å². The van der Waals surface area contributed by atoms with Crippen LogP contribution in [-0.4, -0.2) is 18.1 Å². The first kappa shape index (κ1) is 21.5. The van der Waals surface area contributed by atoms with E-state index < -0.39 is 18.1 Å². The minimum absolute atomic E-state index is 0.223. The van der Waals surface area contributed by atoms with Crippen molar-refractivity contribution >= 4 is 50.4 Å². The molecule has 1 atom stereocenters. The van der Waals surface area contributed by atoms with Gasteiger partial charge in [0.25, 0.3) is 0 Å². The number of hydrogen-bond acceptors (Lipinski definition) is 1. The summed E-state index contributed by atoms with van der Waals surface area (Å²) in [6.45, 7) is 14.3. The fourth-order valence-corrected chi connectivity index (χ4v) is 12.2. The van der Waals surface area contributed by atoms with Gasteiger partial charge in [0.05, 0.1) is 0 Å². The van der Waals surface area contributed by atoms with Crippen molar-refractivity contribution in [1.29, 1.82) is 0 Å². The van der Waals surface area contributed by atoms with Crippen LogP contribution in [0.1, 0.15) is 53.0 Å². The first-order valence-electron chi connectivity index (χ1n) is 11.7. The fourth-order valence-electron chi connectivity index (χ4n) is 5.08. The van der Waals surface area contributed by atoms with Gasteiger partial charge in [-0.25, -0.2) is 0 Å². The molecule has 0 aliphatic heterocycles. The lowest BCUT2D eigenvalue weighted by atomic mass is 9.83. The molecule has 158 valence electrons. The largest absolute Gasteiger partial charge is 0.460 e. The molecule has 0 heterocycles. The molecular formula is C27H36OSi2. The van der Waals surface area contributed by atoms with E-state index in [1.807, 2.05) is 0 Å². The normalized spacial score (nSPS) is 14.6. The molecule has 0 fully saturated rings. The average molecular weight is 433 g/mol. The minimum atomic E-state index is -1.52. The van der Waals surface area contributed by atoms with Gasteiger partial charge in [-0.05, 0) is 67.0 Å². The molecule has 4 aromatic carbocycles. The van der Waals surface area contributed by atoms with Gasteiger partial charge in [0, 0.05) is 0 Å². The van der Waals surface area contributed by atoms with E-state index >= 15 is 0 Å². The summed E-state index contributed by atoms with van der Waals surface area (Å²) in [7, 11) is -2.17. The molecular weight excluding hydrogens is 396 g/mol. The lowest BCUT2D eigenvalue weighted by molar-refractivity contribution is 0.469. The smallest absolute Gasteiger partial charge is 0.178 e. The summed E-state index contributed by atoms with van der Waals surface area (Å²) in [6, 6.07) is 24.3. The van der Waals surface area contributed by atoms with Crippen LogP contribution in [0.4, 0.5) is 0 Å². The molecule has 0 bridgehead atoms. The van der Waals surface area contributed by atoms with E-state index in [4.69, 9.17) is 4.12 Å². The van der Waals surface area contributed by atoms with Gasteiger partial charge in [0.15, 0.2) is 18.1 Å². The minimum Gasteiger partial charge on any atom is -0.460 e. The Bertz CT molecular complexity index is 1140. The molecule has 1 nitrogen and oxygen atoms in total. The van der Waals surface area contributed by atoms with Crippen molar-refractivity contribution in [2.75, 3.05) is 0 Å². The molecule has 3 heteroatoms. The van der Waals surface area contributed by atoms with Gasteiger partial charge in [-0.3, -0.25) is 0 Å². The fraction of sp³-hybridized carbons (Fsp3) is 0.407. The zero-order chi connectivity index (χ0) is 21.5. The Kier molecular flexibility index (Phi) is 5.82. The van der Waals surface area contributed by atoms with Crippen molar-refractivity contribution in [3.63, 3.8) is 0 Å². The van der Waals surface area contributed by atoms with E-state index in [-0.39, 0.29) is 5.04 Å². The molecule has 0 spiro atoms. The third-order valence-electron chi connectivity index (χ3n) is 7.88. The summed E-state index contributed by atoms with van der Waals surface area (Å²) in [6.07, 6.45) is 0. The van der Waals surface area contributed by atoms with Crippen LogP contribution in [-0.2, 0) is 4.12 Å². The van der Waals surface area contributed by atoms with Crippen LogP contribution >= 0.6 is 0 Å². The third-order valence-corrected chi connectivity index (χ3v) is 16.1. The zero-order valence-electron chi connectivity index (χ0n) is 19.5. The van der Waals surface area contributed by atoms with E-state index in [0.717, 1.165) is 0 Å². The van der Waals surface area contributed by atoms with Crippen LogP contribution in [0.2, 0.25) is 23.2 Å². The summed E-state index contributed by atoms with van der Waals surface area (Å²) in [5.41, 5.74) is 1.48. The maximum Gasteiger partial charge on any atom is 0.178 e. The van der Waals surface area contributed by atoms with Crippen LogP contribution in [0.3, 0.4) is 0 Å². The maximum absolute atomic E-state index is 6.89. The summed E-state index contributed by atoms with van der Waals surface area (Å²) in [4.78, 5) is 0. The van der Waals surface area contributed by atoms with E-state index in [1.165, 1.54) is 56.0 Å². The summed E-state index contributed by atoms with van der Waals surface area (Å²) >= 11 is 0. The Hall–Kier alpha value is -1.69. The predicted molar refractivity (Wildman–Crippen MR) is 139 cm³/mol. The van der Waals surface area contributed by atoms with Crippen molar-refractivity contribution < 1.29 is 4.12 Å². The predicted octanol–water partition coefficient (Wildman–Crippen LogP) is 7.99. The average Bonchev–Trinajstić information content (AvgIpc) is 2.78. The second-order valence-electron chi connectivity index (χ2n) is 9.75. The highest BCUT2D eigenvalue weighted by Crippen LogP contribution is 2.46. The number of hydrogen-bond donors (Lipinski definition) is 0. The lowest BCUT2D eigenvalue weighted by Gasteiger charge is -2.37. The van der Waals surface area contributed by atoms with Gasteiger partial charge in [0.2, 0.25) is 0 Å². The summed E-state index contributed by atoms with van der Waals surface area (Å²) in [5, 5.41) is 8.55. The molecule has 30 heavy (non-hydrogen) atoms. The molecule has 0 aromatic heterocycles. The van der Waals surface area contributed by atoms with Crippen LogP contribution in [0.5, 0.6) is 0 Å². The van der Waals surface area contributed by atoms with E-state index in [2.05, 4.69) is 96.1 Å². The lowest BCUT2D eigenvalue weighted by Crippen LogP contribution is -2.40. The van der Waals surface area contributed by atoms with Crippen LogP contribution in [0, 0.1) is 0 Å². The van der Waals surface area contributed by atoms with Crippen LogP contribution in [0.25, 0.3) is 32.3 Å². The van der Waals surface area contributed by atoms with Crippen molar-refractivity contribution in [3.8, 4) is 0 Å². The second-order valence-corrected chi connectivity index (χ2v) is 17.5. The van der Waals surface area contributed by atoms with E-state index in [9.17, 15) is 0 Å². The molecule has 1 unspecified atom stereocenters. The second kappa shape index (κ2) is 8.10. The first-order valence-corrected chi connectivity index (χ1v) is 15.5. The molecule has 0 saturated heterocycles. The number of benzene rings is 4. The molecule has 0 aliphatic rings. The van der Waals surface area contributed by atoms with E-state index in [1.54, 1.807) is 0 Å². The third kappa shape index (κ3) is 3.51. The van der Waals surface area contributed by atoms with Gasteiger partial charge in [-0.1, -0.05) is 96.1 Å². The summed E-state index contributed by atoms with van der Waals surface area (Å²) < 4.78 is 6.89. The maximum atomic E-state index is 6.89. The molecule has 0 saturated carbocycles. The molecule has 0 amide bonds. The molecule has 4 rings (SSSR count). The number of rotatable bonds is 8. The quantitative estimate of drug-likeness (QED) is 0.202. The Labute approximate surface area is 185 Å². The van der Waals surface area contributed by atoms with Gasteiger partial charge < -0.3 is 4.12 Å². The van der Waals surface area contributed by atoms with Crippen molar-refractivity contribution in [2.24, 2.45) is 0 Å². The molecule has 0 radical (unpaired) electrons. The van der Waals surface area contributed by atoms with Crippen molar-refractivity contribution in [1.82, 2.24) is 0 Å². The highest BCUT2D eigenvalue weighted by Gasteiger charge is 2.35. The Morgan fingerprint density at radius 1 is 0.800 bits per heavy atom. The van der Waals surface area contributed by atoms with Gasteiger partial charge in [0.1, 0.15) is 0 Å². The molecule has 0 aliphatic carbocycles. The SMILES string of the molecule is CC[Si](CC)(CC)O[SiH2]C(C)(C)C(C)c1ccc2ccc3cccc4ccc1c2c34. The highest BCUT2D eigenvalue weighted by atomic mass is 28.4. The van der Waals surface area contributed by atoms with Gasteiger partial charge in [-0.2, -0.15) is 0 Å². The van der Waals surface area contributed by atoms with Gasteiger partial charge >= 0.3 is 0 Å². The monoisotopic (exact) mass is 432 g/mol. The zero-order valence-corrected chi connectivity index (χ0v) is 21.9. The van der Waals surface area contributed by atoms with E-state index in [0.29, 0.717) is 5.92 Å². The molecule has 4 aromatic rings.